The van der Waals surface area contributed by atoms with E-state index in [1.807, 2.05) is 0 Å². The van der Waals surface area contributed by atoms with Crippen LogP contribution >= 0.6 is 0 Å². The van der Waals surface area contributed by atoms with Gasteiger partial charge in [0, 0.05) is 25.9 Å². The number of rotatable bonds is 7. The molecule has 1 saturated carbocycles. The van der Waals surface area contributed by atoms with Crippen molar-refractivity contribution in [3.8, 4) is 0 Å². The van der Waals surface area contributed by atoms with E-state index in [-0.39, 0.29) is 24.6 Å². The zero-order valence-electron chi connectivity index (χ0n) is 13.5. The van der Waals surface area contributed by atoms with E-state index in [1.165, 1.54) is 23.3 Å². The summed E-state index contributed by atoms with van der Waals surface area (Å²) in [4.78, 5) is 36.8. The van der Waals surface area contributed by atoms with Crippen LogP contribution in [0.1, 0.15) is 38.5 Å². The number of ether oxygens (including phenoxy) is 2. The lowest BCUT2D eigenvalue weighted by Gasteiger charge is -2.22. The van der Waals surface area contributed by atoms with Crippen LogP contribution in [0.5, 0.6) is 0 Å². The number of nitrogens with one attached hydrogen (secondary N) is 1. The van der Waals surface area contributed by atoms with Crippen molar-refractivity contribution in [1.29, 1.82) is 0 Å². The van der Waals surface area contributed by atoms with Crippen LogP contribution < -0.4 is 11.2 Å². The summed E-state index contributed by atoms with van der Waals surface area (Å²) >= 11 is 0. The Balaban J connectivity index is 1.79. The molecule has 1 aromatic heterocycles. The number of esters is 1. The van der Waals surface area contributed by atoms with Crippen LogP contribution in [-0.4, -0.2) is 35.3 Å². The Hall–Kier alpha value is -1.89. The summed E-state index contributed by atoms with van der Waals surface area (Å²) in [6.07, 6.45) is 6.86. The van der Waals surface area contributed by atoms with E-state index < -0.39 is 11.2 Å². The lowest BCUT2D eigenvalue weighted by Crippen LogP contribution is -2.31. The molecule has 23 heavy (non-hydrogen) atoms. The smallest absolute Gasteiger partial charge is 0.328 e. The van der Waals surface area contributed by atoms with Gasteiger partial charge in [0.1, 0.15) is 6.61 Å². The van der Waals surface area contributed by atoms with Crippen LogP contribution in [0.15, 0.2) is 21.9 Å². The predicted octanol–water partition coefficient (Wildman–Crippen LogP) is 1.07. The molecule has 2 rings (SSSR count). The number of aromatic nitrogens is 2. The second-order valence-corrected chi connectivity index (χ2v) is 5.91. The van der Waals surface area contributed by atoms with Crippen molar-refractivity contribution in [2.45, 2.75) is 51.2 Å². The maximum Gasteiger partial charge on any atom is 0.328 e. The molecule has 0 aromatic carbocycles. The molecule has 1 heterocycles. The van der Waals surface area contributed by atoms with Crippen LogP contribution in [-0.2, 0) is 20.8 Å². The van der Waals surface area contributed by atoms with Gasteiger partial charge in [0.25, 0.3) is 5.56 Å². The molecule has 1 N–H and O–H groups in total. The van der Waals surface area contributed by atoms with E-state index in [0.717, 1.165) is 25.7 Å². The molecule has 1 aliphatic carbocycles. The fourth-order valence-corrected chi connectivity index (χ4v) is 2.80. The van der Waals surface area contributed by atoms with Crippen LogP contribution in [0, 0.1) is 5.92 Å². The number of H-pyrrole nitrogens is 1. The molecule has 7 heteroatoms. The summed E-state index contributed by atoms with van der Waals surface area (Å²) < 4.78 is 12.1. The summed E-state index contributed by atoms with van der Waals surface area (Å²) in [5, 5.41) is 0. The van der Waals surface area contributed by atoms with Crippen molar-refractivity contribution in [3.63, 3.8) is 0 Å². The van der Waals surface area contributed by atoms with Gasteiger partial charge >= 0.3 is 11.7 Å². The molecule has 0 saturated heterocycles. The molecule has 0 spiro atoms. The largest absolute Gasteiger partial charge is 0.463 e. The molecule has 0 amide bonds. The van der Waals surface area contributed by atoms with Crippen LogP contribution in [0.3, 0.4) is 0 Å². The Kier molecular flexibility index (Phi) is 6.58. The van der Waals surface area contributed by atoms with Gasteiger partial charge in [-0.1, -0.05) is 19.3 Å². The van der Waals surface area contributed by atoms with Crippen molar-refractivity contribution < 1.29 is 14.3 Å². The topological polar surface area (TPSA) is 90.4 Å². The van der Waals surface area contributed by atoms with E-state index in [9.17, 15) is 14.4 Å². The Labute approximate surface area is 134 Å². The second-order valence-electron chi connectivity index (χ2n) is 5.91. The third-order valence-corrected chi connectivity index (χ3v) is 4.27. The maximum absolute atomic E-state index is 12.0. The van der Waals surface area contributed by atoms with Gasteiger partial charge in [0.05, 0.1) is 12.0 Å². The van der Waals surface area contributed by atoms with Gasteiger partial charge in [-0.05, 0) is 19.3 Å². The summed E-state index contributed by atoms with van der Waals surface area (Å²) in [6.45, 7) is 0.568. The van der Waals surface area contributed by atoms with Crippen LogP contribution in [0.25, 0.3) is 0 Å². The monoisotopic (exact) mass is 324 g/mol. The standard InChI is InChI=1S/C16H24N2O5/c1-22-13(7-9-18-10-8-14(19)17-16(18)21)11-23-15(20)12-5-3-2-4-6-12/h8,10,12-13H,2-7,9,11H2,1H3,(H,17,19,21). The third kappa shape index (κ3) is 5.35. The molecule has 0 aliphatic heterocycles. The van der Waals surface area contributed by atoms with Gasteiger partial charge in [0.2, 0.25) is 0 Å². The van der Waals surface area contributed by atoms with Crippen molar-refractivity contribution >= 4 is 5.97 Å². The van der Waals surface area contributed by atoms with Crippen molar-refractivity contribution in [1.82, 2.24) is 9.55 Å². The number of aromatic amines is 1. The predicted molar refractivity (Wildman–Crippen MR) is 84.3 cm³/mol. The number of carbonyl (C=O) groups is 1. The van der Waals surface area contributed by atoms with Crippen molar-refractivity contribution in [3.05, 3.63) is 33.1 Å². The minimum absolute atomic E-state index is 0.0167. The minimum atomic E-state index is -0.452. The fraction of sp³-hybridized carbons (Fsp3) is 0.688. The zero-order chi connectivity index (χ0) is 16.7. The lowest BCUT2D eigenvalue weighted by molar-refractivity contribution is -0.153. The highest BCUT2D eigenvalue weighted by atomic mass is 16.6. The molecule has 7 nitrogen and oxygen atoms in total. The van der Waals surface area contributed by atoms with E-state index in [0.29, 0.717) is 13.0 Å². The molecule has 0 radical (unpaired) electrons. The van der Waals surface area contributed by atoms with E-state index >= 15 is 0 Å². The summed E-state index contributed by atoms with van der Waals surface area (Å²) in [7, 11) is 1.55. The molecule has 0 bridgehead atoms. The van der Waals surface area contributed by atoms with Gasteiger partial charge < -0.3 is 14.0 Å². The highest BCUT2D eigenvalue weighted by Crippen LogP contribution is 2.24. The van der Waals surface area contributed by atoms with Gasteiger partial charge in [-0.3, -0.25) is 14.6 Å². The highest BCUT2D eigenvalue weighted by molar-refractivity contribution is 5.72. The minimum Gasteiger partial charge on any atom is -0.463 e. The Morgan fingerprint density at radius 3 is 2.74 bits per heavy atom. The van der Waals surface area contributed by atoms with Crippen LogP contribution in [0.4, 0.5) is 0 Å². The van der Waals surface area contributed by atoms with Gasteiger partial charge in [0.15, 0.2) is 0 Å². The Morgan fingerprint density at radius 2 is 2.09 bits per heavy atom. The molecule has 1 aliphatic rings. The first-order valence-electron chi connectivity index (χ1n) is 8.09. The third-order valence-electron chi connectivity index (χ3n) is 4.27. The number of carbonyl (C=O) groups excluding carboxylic acids is 1. The number of methoxy groups -OCH3 is 1. The molecule has 1 unspecified atom stereocenters. The second kappa shape index (κ2) is 8.67. The normalized spacial score (nSPS) is 16.9. The van der Waals surface area contributed by atoms with Crippen molar-refractivity contribution in [2.24, 2.45) is 5.92 Å². The Bertz CT molecular complexity index is 615. The zero-order valence-corrected chi connectivity index (χ0v) is 13.5. The fourth-order valence-electron chi connectivity index (χ4n) is 2.80. The van der Waals surface area contributed by atoms with Crippen molar-refractivity contribution in [2.75, 3.05) is 13.7 Å². The average Bonchev–Trinajstić information content (AvgIpc) is 2.57. The quantitative estimate of drug-likeness (QED) is 0.758. The average molecular weight is 324 g/mol. The SMILES string of the molecule is COC(CCn1ccc(=O)[nH]c1=O)COC(=O)C1CCCCC1. The van der Waals surface area contributed by atoms with Crippen LogP contribution in [0.2, 0.25) is 0 Å². The molecule has 1 fully saturated rings. The first kappa shape index (κ1) is 17.5. The molecular formula is C16H24N2O5. The van der Waals surface area contributed by atoms with Gasteiger partial charge in [-0.15, -0.1) is 0 Å². The lowest BCUT2D eigenvalue weighted by atomic mass is 9.89. The maximum atomic E-state index is 12.0. The number of nitrogens with zero attached hydrogens (tertiary/aromatic N) is 1. The van der Waals surface area contributed by atoms with E-state index in [2.05, 4.69) is 4.98 Å². The number of aryl methyl sites for hydroxylation is 1. The summed E-state index contributed by atoms with van der Waals surface area (Å²) in [5.41, 5.74) is -0.873. The molecular weight excluding hydrogens is 300 g/mol. The van der Waals surface area contributed by atoms with Gasteiger partial charge in [-0.25, -0.2) is 4.79 Å². The van der Waals surface area contributed by atoms with Gasteiger partial charge in [-0.2, -0.15) is 0 Å². The number of hydrogen-bond donors (Lipinski definition) is 1. The first-order chi connectivity index (χ1) is 11.1. The molecule has 128 valence electrons. The highest BCUT2D eigenvalue weighted by Gasteiger charge is 2.23. The first-order valence-corrected chi connectivity index (χ1v) is 8.09. The number of hydrogen-bond acceptors (Lipinski definition) is 5. The van der Waals surface area contributed by atoms with E-state index in [4.69, 9.17) is 9.47 Å². The van der Waals surface area contributed by atoms with E-state index in [1.54, 1.807) is 7.11 Å². The Morgan fingerprint density at radius 1 is 1.35 bits per heavy atom. The molecule has 1 atom stereocenters. The summed E-state index contributed by atoms with van der Waals surface area (Å²) in [6, 6.07) is 1.30. The molecule has 1 aromatic rings. The summed E-state index contributed by atoms with van der Waals surface area (Å²) in [5.74, 6) is -0.129.